The second-order valence-electron chi connectivity index (χ2n) is 5.96. The van der Waals surface area contributed by atoms with Crippen LogP contribution < -0.4 is 0 Å². The number of hydrogen-bond acceptors (Lipinski definition) is 2. The smallest absolute Gasteiger partial charge is 0.188 e. The first-order valence-corrected chi connectivity index (χ1v) is 6.77. The van der Waals surface area contributed by atoms with Gasteiger partial charge in [0.1, 0.15) is 6.61 Å². The van der Waals surface area contributed by atoms with Gasteiger partial charge >= 0.3 is 0 Å². The van der Waals surface area contributed by atoms with Crippen molar-refractivity contribution in [3.63, 3.8) is 0 Å². The summed E-state index contributed by atoms with van der Waals surface area (Å²) in [4.78, 5) is 11.9. The van der Waals surface area contributed by atoms with Gasteiger partial charge in [-0.05, 0) is 31.1 Å². The Bertz CT molecular complexity index is 385. The van der Waals surface area contributed by atoms with Crippen molar-refractivity contribution >= 4 is 5.78 Å². The van der Waals surface area contributed by atoms with Gasteiger partial charge < -0.3 is 4.74 Å². The predicted octanol–water partition coefficient (Wildman–Crippen LogP) is 3.85. The zero-order chi connectivity index (χ0) is 13.0. The van der Waals surface area contributed by atoms with E-state index in [0.717, 1.165) is 18.4 Å². The van der Waals surface area contributed by atoms with Gasteiger partial charge in [-0.3, -0.25) is 4.79 Å². The lowest BCUT2D eigenvalue weighted by atomic mass is 9.76. The van der Waals surface area contributed by atoms with E-state index in [1.807, 2.05) is 30.3 Å². The average molecular weight is 246 g/mol. The van der Waals surface area contributed by atoms with Gasteiger partial charge in [0.15, 0.2) is 5.78 Å². The molecule has 0 spiro atoms. The zero-order valence-electron chi connectivity index (χ0n) is 11.3. The van der Waals surface area contributed by atoms with Gasteiger partial charge in [-0.2, -0.15) is 0 Å². The standard InChI is InChI=1S/C16H22O2/c1-16(2)10-8-14(9-11-16)18-12-15(17)13-6-4-3-5-7-13/h3-7,14H,8-12H2,1-2H3. The first-order valence-electron chi connectivity index (χ1n) is 6.77. The van der Waals surface area contributed by atoms with Gasteiger partial charge in [-0.25, -0.2) is 0 Å². The van der Waals surface area contributed by atoms with E-state index in [-0.39, 0.29) is 18.5 Å². The largest absolute Gasteiger partial charge is 0.370 e. The molecule has 0 aromatic heterocycles. The molecule has 0 atom stereocenters. The quantitative estimate of drug-likeness (QED) is 0.754. The monoisotopic (exact) mass is 246 g/mol. The molecule has 0 N–H and O–H groups in total. The molecule has 98 valence electrons. The highest BCUT2D eigenvalue weighted by molar-refractivity contribution is 5.96. The van der Waals surface area contributed by atoms with E-state index in [4.69, 9.17) is 4.74 Å². The first-order chi connectivity index (χ1) is 8.57. The molecule has 2 heteroatoms. The summed E-state index contributed by atoms with van der Waals surface area (Å²) in [6, 6.07) is 9.37. The van der Waals surface area contributed by atoms with Gasteiger partial charge in [0.2, 0.25) is 0 Å². The van der Waals surface area contributed by atoms with E-state index in [9.17, 15) is 4.79 Å². The molecular weight excluding hydrogens is 224 g/mol. The van der Waals surface area contributed by atoms with Crippen LogP contribution in [0.5, 0.6) is 0 Å². The van der Waals surface area contributed by atoms with Crippen LogP contribution >= 0.6 is 0 Å². The van der Waals surface area contributed by atoms with Crippen LogP contribution in [0.4, 0.5) is 0 Å². The first kappa shape index (κ1) is 13.3. The topological polar surface area (TPSA) is 26.3 Å². The van der Waals surface area contributed by atoms with Gasteiger partial charge in [0.05, 0.1) is 6.10 Å². The van der Waals surface area contributed by atoms with Gasteiger partial charge in [0, 0.05) is 5.56 Å². The van der Waals surface area contributed by atoms with Crippen LogP contribution in [0.25, 0.3) is 0 Å². The van der Waals surface area contributed by atoms with E-state index in [1.54, 1.807) is 0 Å². The Morgan fingerprint density at radius 2 is 1.83 bits per heavy atom. The Labute approximate surface area is 109 Å². The number of carbonyl (C=O) groups is 1. The second-order valence-corrected chi connectivity index (χ2v) is 5.96. The van der Waals surface area contributed by atoms with Crippen molar-refractivity contribution < 1.29 is 9.53 Å². The maximum atomic E-state index is 11.9. The lowest BCUT2D eigenvalue weighted by Crippen LogP contribution is -2.28. The Kier molecular flexibility index (Phi) is 4.18. The summed E-state index contributed by atoms with van der Waals surface area (Å²) < 4.78 is 5.74. The fourth-order valence-corrected chi connectivity index (χ4v) is 2.44. The summed E-state index contributed by atoms with van der Waals surface area (Å²) in [5.41, 5.74) is 1.19. The van der Waals surface area contributed by atoms with E-state index >= 15 is 0 Å². The summed E-state index contributed by atoms with van der Waals surface area (Å²) in [5.74, 6) is 0.0837. The molecule has 2 rings (SSSR count). The number of ether oxygens (including phenoxy) is 1. The Morgan fingerprint density at radius 3 is 2.44 bits per heavy atom. The minimum absolute atomic E-state index is 0.0837. The van der Waals surface area contributed by atoms with Crippen molar-refractivity contribution in [2.75, 3.05) is 6.61 Å². The van der Waals surface area contributed by atoms with Crippen LogP contribution in [-0.4, -0.2) is 18.5 Å². The average Bonchev–Trinajstić information content (AvgIpc) is 2.38. The Hall–Kier alpha value is -1.15. The van der Waals surface area contributed by atoms with Crippen molar-refractivity contribution in [1.29, 1.82) is 0 Å². The lowest BCUT2D eigenvalue weighted by Gasteiger charge is -2.34. The molecule has 1 aromatic carbocycles. The SMILES string of the molecule is CC1(C)CCC(OCC(=O)c2ccccc2)CC1. The minimum atomic E-state index is 0.0837. The van der Waals surface area contributed by atoms with E-state index in [0.29, 0.717) is 5.41 Å². The van der Waals surface area contributed by atoms with Crippen LogP contribution in [0.15, 0.2) is 30.3 Å². The van der Waals surface area contributed by atoms with E-state index < -0.39 is 0 Å². The number of ketones is 1. The molecule has 2 nitrogen and oxygen atoms in total. The normalized spacial score (nSPS) is 19.7. The molecule has 1 aromatic rings. The van der Waals surface area contributed by atoms with Crippen molar-refractivity contribution in [3.8, 4) is 0 Å². The van der Waals surface area contributed by atoms with Crippen molar-refractivity contribution in [1.82, 2.24) is 0 Å². The van der Waals surface area contributed by atoms with Crippen LogP contribution in [0.3, 0.4) is 0 Å². The van der Waals surface area contributed by atoms with Gasteiger partial charge in [-0.1, -0.05) is 44.2 Å². The molecule has 0 amide bonds. The maximum absolute atomic E-state index is 11.9. The molecule has 1 saturated carbocycles. The fraction of sp³-hybridized carbons (Fsp3) is 0.562. The highest BCUT2D eigenvalue weighted by atomic mass is 16.5. The third-order valence-corrected chi connectivity index (χ3v) is 3.83. The number of hydrogen-bond donors (Lipinski definition) is 0. The van der Waals surface area contributed by atoms with E-state index in [2.05, 4.69) is 13.8 Å². The molecule has 0 heterocycles. The summed E-state index contributed by atoms with van der Waals surface area (Å²) in [5, 5.41) is 0. The Morgan fingerprint density at radius 1 is 1.22 bits per heavy atom. The third-order valence-electron chi connectivity index (χ3n) is 3.83. The summed E-state index contributed by atoms with van der Waals surface area (Å²) in [6.07, 6.45) is 4.81. The van der Waals surface area contributed by atoms with Crippen molar-refractivity contribution in [3.05, 3.63) is 35.9 Å². The molecule has 0 unspecified atom stereocenters. The van der Waals surface area contributed by atoms with Gasteiger partial charge in [-0.15, -0.1) is 0 Å². The van der Waals surface area contributed by atoms with E-state index in [1.165, 1.54) is 12.8 Å². The molecule has 1 aliphatic rings. The predicted molar refractivity (Wildman–Crippen MR) is 72.8 cm³/mol. The van der Waals surface area contributed by atoms with Crippen LogP contribution in [0.1, 0.15) is 49.9 Å². The molecule has 1 aliphatic carbocycles. The maximum Gasteiger partial charge on any atom is 0.188 e. The second kappa shape index (κ2) is 5.66. The van der Waals surface area contributed by atoms with Crippen LogP contribution in [-0.2, 0) is 4.74 Å². The molecule has 18 heavy (non-hydrogen) atoms. The molecule has 1 fully saturated rings. The molecule has 0 saturated heterocycles. The molecule has 0 aliphatic heterocycles. The zero-order valence-corrected chi connectivity index (χ0v) is 11.3. The number of benzene rings is 1. The van der Waals surface area contributed by atoms with Crippen molar-refractivity contribution in [2.24, 2.45) is 5.41 Å². The highest BCUT2D eigenvalue weighted by Crippen LogP contribution is 2.36. The third kappa shape index (κ3) is 3.67. The molecule has 0 radical (unpaired) electrons. The summed E-state index contributed by atoms with van der Waals surface area (Å²) in [7, 11) is 0. The molecule has 0 bridgehead atoms. The minimum Gasteiger partial charge on any atom is -0.370 e. The fourth-order valence-electron chi connectivity index (χ4n) is 2.44. The summed E-state index contributed by atoms with van der Waals surface area (Å²) >= 11 is 0. The van der Waals surface area contributed by atoms with Crippen LogP contribution in [0, 0.1) is 5.41 Å². The van der Waals surface area contributed by atoms with Crippen LogP contribution in [0.2, 0.25) is 0 Å². The molecular formula is C16H22O2. The number of Topliss-reactive ketones (excluding diaryl/α,β-unsaturated/α-hetero) is 1. The summed E-state index contributed by atoms with van der Waals surface area (Å²) in [6.45, 7) is 4.83. The van der Waals surface area contributed by atoms with Crippen molar-refractivity contribution in [2.45, 2.75) is 45.6 Å². The number of carbonyl (C=O) groups excluding carboxylic acids is 1. The lowest BCUT2D eigenvalue weighted by molar-refractivity contribution is 0.00862. The Balaban J connectivity index is 1.78. The van der Waals surface area contributed by atoms with Gasteiger partial charge in [0.25, 0.3) is 0 Å². The number of rotatable bonds is 4. The highest BCUT2D eigenvalue weighted by Gasteiger charge is 2.27.